The molecule has 1 unspecified atom stereocenters. The van der Waals surface area contributed by atoms with Gasteiger partial charge in [-0.15, -0.1) is 0 Å². The number of benzene rings is 1. The Labute approximate surface area is 120 Å². The van der Waals surface area contributed by atoms with Crippen molar-refractivity contribution in [3.8, 4) is 12.1 Å². The van der Waals surface area contributed by atoms with Crippen molar-refractivity contribution in [1.29, 1.82) is 10.5 Å². The molecule has 0 aliphatic carbocycles. The predicted molar refractivity (Wildman–Crippen MR) is 74.6 cm³/mol. The number of nitriles is 2. The van der Waals surface area contributed by atoms with E-state index in [-0.39, 0.29) is 18.5 Å². The molecule has 21 heavy (non-hydrogen) atoms. The van der Waals surface area contributed by atoms with E-state index in [1.54, 1.807) is 6.92 Å². The van der Waals surface area contributed by atoms with Gasteiger partial charge in [-0.2, -0.15) is 10.5 Å². The first-order valence-corrected chi connectivity index (χ1v) is 6.48. The molecule has 1 heterocycles. The highest BCUT2D eigenvalue weighted by molar-refractivity contribution is 5.78. The van der Waals surface area contributed by atoms with Crippen LogP contribution < -0.4 is 5.56 Å². The molecule has 1 atom stereocenters. The van der Waals surface area contributed by atoms with Gasteiger partial charge < -0.3 is 0 Å². The molecular formula is C15H13FN4O. The van der Waals surface area contributed by atoms with E-state index in [0.717, 1.165) is 0 Å². The molecule has 0 fully saturated rings. The van der Waals surface area contributed by atoms with Gasteiger partial charge in [-0.25, -0.2) is 9.37 Å². The first-order valence-electron chi connectivity index (χ1n) is 6.48. The first-order chi connectivity index (χ1) is 10.1. The highest BCUT2D eigenvalue weighted by atomic mass is 19.1. The lowest BCUT2D eigenvalue weighted by Gasteiger charge is -2.10. The van der Waals surface area contributed by atoms with E-state index in [0.29, 0.717) is 22.9 Å². The molecular weight excluding hydrogens is 271 g/mol. The number of rotatable bonds is 4. The molecule has 6 heteroatoms. The van der Waals surface area contributed by atoms with Gasteiger partial charge in [-0.05, 0) is 25.0 Å². The van der Waals surface area contributed by atoms with Gasteiger partial charge in [0, 0.05) is 19.0 Å². The minimum Gasteiger partial charge on any atom is -0.297 e. The Morgan fingerprint density at radius 2 is 2.19 bits per heavy atom. The van der Waals surface area contributed by atoms with Crippen molar-refractivity contribution in [2.24, 2.45) is 5.92 Å². The summed E-state index contributed by atoms with van der Waals surface area (Å²) in [6, 6.07) is 6.76. The van der Waals surface area contributed by atoms with E-state index in [1.165, 1.54) is 23.0 Å². The van der Waals surface area contributed by atoms with Crippen LogP contribution in [0.5, 0.6) is 0 Å². The number of hydrogen-bond donors (Lipinski definition) is 0. The second-order valence-electron chi connectivity index (χ2n) is 4.84. The Bertz CT molecular complexity index is 813. The van der Waals surface area contributed by atoms with Gasteiger partial charge >= 0.3 is 0 Å². The Hall–Kier alpha value is -2.73. The number of nitrogens with zero attached hydrogens (tertiary/aromatic N) is 4. The van der Waals surface area contributed by atoms with Crippen molar-refractivity contribution in [2.75, 3.05) is 0 Å². The monoisotopic (exact) mass is 284 g/mol. The van der Waals surface area contributed by atoms with Crippen molar-refractivity contribution in [3.63, 3.8) is 0 Å². The second-order valence-corrected chi connectivity index (χ2v) is 4.84. The summed E-state index contributed by atoms with van der Waals surface area (Å²) in [5.74, 6) is -0.834. The average Bonchev–Trinajstić information content (AvgIpc) is 2.48. The van der Waals surface area contributed by atoms with E-state index in [9.17, 15) is 9.18 Å². The van der Waals surface area contributed by atoms with Crippen LogP contribution in [0.1, 0.15) is 18.4 Å². The van der Waals surface area contributed by atoms with Gasteiger partial charge in [0.25, 0.3) is 5.56 Å². The van der Waals surface area contributed by atoms with Crippen LogP contribution in [0.4, 0.5) is 4.39 Å². The van der Waals surface area contributed by atoms with E-state index >= 15 is 0 Å². The summed E-state index contributed by atoms with van der Waals surface area (Å²) in [5.41, 5.74) is 0.366. The summed E-state index contributed by atoms with van der Waals surface area (Å²) in [5, 5.41) is 17.9. The Balaban J connectivity index is 2.40. The van der Waals surface area contributed by atoms with Crippen LogP contribution >= 0.6 is 0 Å². The third-order valence-corrected chi connectivity index (χ3v) is 3.31. The molecule has 0 aliphatic heterocycles. The van der Waals surface area contributed by atoms with Crippen molar-refractivity contribution in [3.05, 3.63) is 40.2 Å². The van der Waals surface area contributed by atoms with Crippen molar-refractivity contribution < 1.29 is 4.39 Å². The lowest BCUT2D eigenvalue weighted by molar-refractivity contribution is 0.498. The molecule has 1 aromatic carbocycles. The molecule has 0 amide bonds. The lowest BCUT2D eigenvalue weighted by atomic mass is 10.1. The maximum absolute atomic E-state index is 13.5. The van der Waals surface area contributed by atoms with Crippen molar-refractivity contribution in [2.45, 2.75) is 26.3 Å². The maximum Gasteiger partial charge on any atom is 0.261 e. The number of hydrogen-bond acceptors (Lipinski definition) is 4. The number of aromatic nitrogens is 2. The molecule has 5 nitrogen and oxygen atoms in total. The van der Waals surface area contributed by atoms with Gasteiger partial charge in [-0.1, -0.05) is 0 Å². The van der Waals surface area contributed by atoms with Crippen LogP contribution in [-0.4, -0.2) is 9.55 Å². The summed E-state index contributed by atoms with van der Waals surface area (Å²) in [4.78, 5) is 16.4. The highest BCUT2D eigenvalue weighted by Crippen LogP contribution is 2.14. The molecule has 2 aromatic rings. The predicted octanol–water partition coefficient (Wildman–Crippen LogP) is 2.29. The van der Waals surface area contributed by atoms with Gasteiger partial charge in [0.1, 0.15) is 5.82 Å². The van der Waals surface area contributed by atoms with E-state index in [2.05, 4.69) is 11.1 Å². The number of fused-ring (bicyclic) bond motifs is 1. The van der Waals surface area contributed by atoms with E-state index in [4.69, 9.17) is 10.5 Å². The Morgan fingerprint density at radius 3 is 2.86 bits per heavy atom. The van der Waals surface area contributed by atoms with Crippen molar-refractivity contribution >= 4 is 10.9 Å². The zero-order valence-electron chi connectivity index (χ0n) is 11.5. The summed E-state index contributed by atoms with van der Waals surface area (Å²) >= 11 is 0. The van der Waals surface area contributed by atoms with Crippen LogP contribution in [0.2, 0.25) is 0 Å². The first kappa shape index (κ1) is 14.7. The standard InChI is InChI=1S/C15H13FN4O/c1-10-5-12-14(6-13(10)16)19-9-20(15(12)21)8-11(7-18)3-2-4-17/h5-6,9,11H,2-3,8H2,1H3. The van der Waals surface area contributed by atoms with Crippen LogP contribution in [-0.2, 0) is 6.54 Å². The van der Waals surface area contributed by atoms with Crippen LogP contribution in [0.25, 0.3) is 10.9 Å². The van der Waals surface area contributed by atoms with Gasteiger partial charge in [0.05, 0.1) is 35.3 Å². The number of halogens is 1. The van der Waals surface area contributed by atoms with Crippen molar-refractivity contribution in [1.82, 2.24) is 9.55 Å². The lowest BCUT2D eigenvalue weighted by Crippen LogP contribution is -2.24. The number of aryl methyl sites for hydroxylation is 1. The summed E-state index contributed by atoms with van der Waals surface area (Å²) < 4.78 is 14.8. The summed E-state index contributed by atoms with van der Waals surface area (Å²) in [6.45, 7) is 1.76. The molecule has 0 spiro atoms. The van der Waals surface area contributed by atoms with E-state index < -0.39 is 11.7 Å². The molecule has 0 bridgehead atoms. The zero-order valence-corrected chi connectivity index (χ0v) is 11.5. The molecule has 0 saturated heterocycles. The molecule has 1 aromatic heterocycles. The smallest absolute Gasteiger partial charge is 0.261 e. The largest absolute Gasteiger partial charge is 0.297 e. The Kier molecular flexibility index (Phi) is 4.30. The highest BCUT2D eigenvalue weighted by Gasteiger charge is 2.12. The molecule has 106 valence electrons. The fourth-order valence-corrected chi connectivity index (χ4v) is 2.09. The van der Waals surface area contributed by atoms with Crippen LogP contribution in [0.3, 0.4) is 0 Å². The van der Waals surface area contributed by atoms with E-state index in [1.807, 2.05) is 6.07 Å². The third kappa shape index (κ3) is 3.06. The SMILES string of the molecule is Cc1cc2c(=O)n(CC(C#N)CCC#N)cnc2cc1F. The van der Waals surface area contributed by atoms with Crippen LogP contribution in [0, 0.1) is 41.3 Å². The molecule has 0 N–H and O–H groups in total. The second kappa shape index (κ2) is 6.15. The minimum atomic E-state index is -0.428. The van der Waals surface area contributed by atoms with Gasteiger partial charge in [0.2, 0.25) is 0 Å². The minimum absolute atomic E-state index is 0.177. The zero-order chi connectivity index (χ0) is 15.4. The normalized spacial score (nSPS) is 11.8. The summed E-state index contributed by atoms with van der Waals surface area (Å²) in [6.07, 6.45) is 1.98. The topological polar surface area (TPSA) is 82.5 Å². The third-order valence-electron chi connectivity index (χ3n) is 3.31. The Morgan fingerprint density at radius 1 is 1.43 bits per heavy atom. The molecule has 0 aliphatic rings. The van der Waals surface area contributed by atoms with Gasteiger partial charge in [0.15, 0.2) is 0 Å². The molecule has 2 rings (SSSR count). The summed E-state index contributed by atoms with van der Waals surface area (Å²) in [7, 11) is 0. The van der Waals surface area contributed by atoms with Gasteiger partial charge in [-0.3, -0.25) is 9.36 Å². The van der Waals surface area contributed by atoms with Crippen LogP contribution in [0.15, 0.2) is 23.3 Å². The fraction of sp³-hybridized carbons (Fsp3) is 0.333. The average molecular weight is 284 g/mol. The molecule has 0 saturated carbocycles. The molecule has 0 radical (unpaired) electrons. The fourth-order valence-electron chi connectivity index (χ4n) is 2.09. The maximum atomic E-state index is 13.5. The quantitative estimate of drug-likeness (QED) is 0.862.